The summed E-state index contributed by atoms with van der Waals surface area (Å²) in [7, 11) is 0. The fraction of sp³-hybridized carbons (Fsp3) is 0.478. The molecule has 1 heterocycles. The van der Waals surface area contributed by atoms with E-state index in [4.69, 9.17) is 0 Å². The van der Waals surface area contributed by atoms with E-state index in [0.717, 1.165) is 61.1 Å². The van der Waals surface area contributed by atoms with Gasteiger partial charge in [0.2, 0.25) is 5.91 Å². The van der Waals surface area contributed by atoms with Crippen LogP contribution in [-0.2, 0) is 17.6 Å². The highest BCUT2D eigenvalue weighted by Crippen LogP contribution is 2.40. The Labute approximate surface area is 165 Å². The fourth-order valence-electron chi connectivity index (χ4n) is 4.32. The number of amides is 1. The SMILES string of the molecule is Cc1ccc(C(=O)c2c(NC(=O)C3CCCCC3)sc3c2CCCC3)cc1. The average molecular weight is 382 g/mol. The van der Waals surface area contributed by atoms with Gasteiger partial charge in [-0.05, 0) is 51.0 Å². The van der Waals surface area contributed by atoms with Crippen molar-refractivity contribution in [3.8, 4) is 0 Å². The van der Waals surface area contributed by atoms with Gasteiger partial charge in [-0.2, -0.15) is 0 Å². The van der Waals surface area contributed by atoms with Gasteiger partial charge in [-0.3, -0.25) is 9.59 Å². The largest absolute Gasteiger partial charge is 0.317 e. The summed E-state index contributed by atoms with van der Waals surface area (Å²) in [4.78, 5) is 27.4. The molecule has 3 nitrogen and oxygen atoms in total. The minimum Gasteiger partial charge on any atom is -0.317 e. The van der Waals surface area contributed by atoms with Crippen LogP contribution in [0.15, 0.2) is 24.3 Å². The molecule has 0 unspecified atom stereocenters. The summed E-state index contributed by atoms with van der Waals surface area (Å²) in [6, 6.07) is 7.76. The number of aryl methyl sites for hydroxylation is 2. The third-order valence-corrected chi connectivity index (χ3v) is 7.13. The first kappa shape index (κ1) is 18.4. The van der Waals surface area contributed by atoms with E-state index in [9.17, 15) is 9.59 Å². The Balaban J connectivity index is 1.66. The number of hydrogen-bond donors (Lipinski definition) is 1. The highest BCUT2D eigenvalue weighted by Gasteiger charge is 2.29. The third kappa shape index (κ3) is 3.86. The van der Waals surface area contributed by atoms with Crippen LogP contribution in [0.4, 0.5) is 5.00 Å². The minimum absolute atomic E-state index is 0.0494. The maximum Gasteiger partial charge on any atom is 0.228 e. The Morgan fingerprint density at radius 3 is 2.41 bits per heavy atom. The van der Waals surface area contributed by atoms with E-state index in [1.165, 1.54) is 23.3 Å². The number of rotatable bonds is 4. The van der Waals surface area contributed by atoms with Gasteiger partial charge in [0, 0.05) is 16.4 Å². The molecule has 0 bridgehead atoms. The summed E-state index contributed by atoms with van der Waals surface area (Å²) in [6.07, 6.45) is 9.69. The molecule has 4 rings (SSSR count). The molecule has 1 aromatic carbocycles. The Hall–Kier alpha value is -1.94. The molecule has 0 saturated heterocycles. The molecule has 0 aliphatic heterocycles. The van der Waals surface area contributed by atoms with Gasteiger partial charge in [0.1, 0.15) is 5.00 Å². The molecule has 142 valence electrons. The van der Waals surface area contributed by atoms with Gasteiger partial charge in [0.25, 0.3) is 0 Å². The van der Waals surface area contributed by atoms with Crippen LogP contribution in [0.25, 0.3) is 0 Å². The van der Waals surface area contributed by atoms with Gasteiger partial charge >= 0.3 is 0 Å². The zero-order chi connectivity index (χ0) is 18.8. The first-order chi connectivity index (χ1) is 13.1. The lowest BCUT2D eigenvalue weighted by atomic mass is 9.88. The molecular weight excluding hydrogens is 354 g/mol. The van der Waals surface area contributed by atoms with E-state index in [1.54, 1.807) is 11.3 Å². The van der Waals surface area contributed by atoms with Crippen LogP contribution in [-0.4, -0.2) is 11.7 Å². The summed E-state index contributed by atoms with van der Waals surface area (Å²) in [6.45, 7) is 2.02. The van der Waals surface area contributed by atoms with Crippen molar-refractivity contribution in [3.63, 3.8) is 0 Å². The van der Waals surface area contributed by atoms with Crippen LogP contribution in [0.2, 0.25) is 0 Å². The second kappa shape index (κ2) is 7.97. The Bertz CT molecular complexity index is 844. The Kier molecular flexibility index (Phi) is 5.44. The van der Waals surface area contributed by atoms with Crippen molar-refractivity contribution in [1.82, 2.24) is 0 Å². The normalized spacial score (nSPS) is 17.4. The lowest BCUT2D eigenvalue weighted by Crippen LogP contribution is -2.25. The molecule has 0 atom stereocenters. The number of ketones is 1. The molecule has 2 aromatic rings. The van der Waals surface area contributed by atoms with Crippen molar-refractivity contribution < 1.29 is 9.59 Å². The van der Waals surface area contributed by atoms with Crippen LogP contribution in [0.5, 0.6) is 0 Å². The summed E-state index contributed by atoms with van der Waals surface area (Å²) in [5.74, 6) is 0.250. The number of nitrogens with one attached hydrogen (secondary N) is 1. The van der Waals surface area contributed by atoms with Crippen LogP contribution in [0, 0.1) is 12.8 Å². The number of benzene rings is 1. The smallest absolute Gasteiger partial charge is 0.228 e. The van der Waals surface area contributed by atoms with Crippen molar-refractivity contribution in [2.45, 2.75) is 64.7 Å². The van der Waals surface area contributed by atoms with Crippen LogP contribution in [0.1, 0.15) is 76.9 Å². The van der Waals surface area contributed by atoms with Gasteiger partial charge in [-0.25, -0.2) is 0 Å². The van der Waals surface area contributed by atoms with E-state index in [2.05, 4.69) is 5.32 Å². The first-order valence-corrected chi connectivity index (χ1v) is 11.0. The molecule has 1 N–H and O–H groups in total. The maximum absolute atomic E-state index is 13.3. The summed E-state index contributed by atoms with van der Waals surface area (Å²) >= 11 is 1.63. The van der Waals surface area contributed by atoms with Crippen molar-refractivity contribution in [2.24, 2.45) is 5.92 Å². The number of carbonyl (C=O) groups is 2. The predicted molar refractivity (Wildman–Crippen MR) is 111 cm³/mol. The fourth-order valence-corrected chi connectivity index (χ4v) is 5.61. The number of thiophene rings is 1. The van der Waals surface area contributed by atoms with E-state index < -0.39 is 0 Å². The van der Waals surface area contributed by atoms with Gasteiger partial charge in [-0.15, -0.1) is 11.3 Å². The zero-order valence-corrected chi connectivity index (χ0v) is 16.8. The quantitative estimate of drug-likeness (QED) is 0.692. The van der Waals surface area contributed by atoms with E-state index in [0.29, 0.717) is 5.56 Å². The summed E-state index contributed by atoms with van der Waals surface area (Å²) in [5.41, 5.74) is 3.78. The van der Waals surface area contributed by atoms with Crippen LogP contribution < -0.4 is 5.32 Å². The van der Waals surface area contributed by atoms with Crippen molar-refractivity contribution in [3.05, 3.63) is 51.4 Å². The number of fused-ring (bicyclic) bond motifs is 1. The molecule has 0 spiro atoms. The van der Waals surface area contributed by atoms with Gasteiger partial charge in [0.15, 0.2) is 5.78 Å². The minimum atomic E-state index is 0.0494. The maximum atomic E-state index is 13.3. The highest BCUT2D eigenvalue weighted by molar-refractivity contribution is 7.17. The van der Waals surface area contributed by atoms with E-state index in [-0.39, 0.29) is 17.6 Å². The molecule has 1 aromatic heterocycles. The average Bonchev–Trinajstić information content (AvgIpc) is 3.06. The zero-order valence-electron chi connectivity index (χ0n) is 16.0. The Morgan fingerprint density at radius 2 is 1.67 bits per heavy atom. The van der Waals surface area contributed by atoms with Gasteiger partial charge in [-0.1, -0.05) is 49.1 Å². The standard InChI is InChI=1S/C23H27NO2S/c1-15-11-13-16(14-12-15)21(25)20-18-9-5-6-10-19(18)27-23(20)24-22(26)17-7-3-2-4-8-17/h11-14,17H,2-10H2,1H3,(H,24,26). The molecule has 2 aliphatic carbocycles. The molecule has 1 fully saturated rings. The van der Waals surface area contributed by atoms with Crippen molar-refractivity contribution >= 4 is 28.0 Å². The second-order valence-corrected chi connectivity index (χ2v) is 9.04. The van der Waals surface area contributed by atoms with Crippen LogP contribution in [0.3, 0.4) is 0 Å². The van der Waals surface area contributed by atoms with Crippen molar-refractivity contribution in [2.75, 3.05) is 5.32 Å². The van der Waals surface area contributed by atoms with Crippen molar-refractivity contribution in [1.29, 1.82) is 0 Å². The lowest BCUT2D eigenvalue weighted by molar-refractivity contribution is -0.120. The molecule has 1 amide bonds. The first-order valence-electron chi connectivity index (χ1n) is 10.2. The molecule has 27 heavy (non-hydrogen) atoms. The lowest BCUT2D eigenvalue weighted by Gasteiger charge is -2.20. The van der Waals surface area contributed by atoms with Gasteiger partial charge < -0.3 is 5.32 Å². The van der Waals surface area contributed by atoms with E-state index >= 15 is 0 Å². The Morgan fingerprint density at radius 1 is 0.963 bits per heavy atom. The second-order valence-electron chi connectivity index (χ2n) is 7.93. The summed E-state index contributed by atoms with van der Waals surface area (Å²) in [5, 5.41) is 3.94. The number of carbonyl (C=O) groups excluding carboxylic acids is 2. The molecule has 0 radical (unpaired) electrons. The molecule has 1 saturated carbocycles. The van der Waals surface area contributed by atoms with E-state index in [1.807, 2.05) is 31.2 Å². The molecular formula is C23H27NO2S. The highest BCUT2D eigenvalue weighted by atomic mass is 32.1. The predicted octanol–water partition coefficient (Wildman–Crippen LogP) is 5.69. The number of anilines is 1. The topological polar surface area (TPSA) is 46.2 Å². The number of hydrogen-bond acceptors (Lipinski definition) is 3. The van der Waals surface area contributed by atoms with Crippen LogP contribution >= 0.6 is 11.3 Å². The third-order valence-electron chi connectivity index (χ3n) is 5.92. The molecule has 2 aliphatic rings. The van der Waals surface area contributed by atoms with Gasteiger partial charge in [0.05, 0.1) is 5.56 Å². The molecule has 4 heteroatoms. The summed E-state index contributed by atoms with van der Waals surface area (Å²) < 4.78 is 0. The monoisotopic (exact) mass is 381 g/mol.